The molecule has 0 aliphatic carbocycles. The lowest BCUT2D eigenvalue weighted by Crippen LogP contribution is -2.47. The quantitative estimate of drug-likeness (QED) is 0.722. The van der Waals surface area contributed by atoms with Crippen molar-refractivity contribution >= 4 is 12.0 Å². The maximum absolute atomic E-state index is 12.2. The molecule has 1 aliphatic heterocycles. The van der Waals surface area contributed by atoms with Crippen molar-refractivity contribution in [3.05, 3.63) is 29.8 Å². The molecule has 0 bridgehead atoms. The Morgan fingerprint density at radius 1 is 1.15 bits per heavy atom. The van der Waals surface area contributed by atoms with Crippen molar-refractivity contribution in [2.45, 2.75) is 52.0 Å². The lowest BCUT2D eigenvalue weighted by Gasteiger charge is -2.31. The van der Waals surface area contributed by atoms with Crippen molar-refractivity contribution in [2.75, 3.05) is 26.3 Å². The van der Waals surface area contributed by atoms with Crippen molar-refractivity contribution in [3.63, 3.8) is 0 Å². The Morgan fingerprint density at radius 2 is 1.85 bits per heavy atom. The Labute approximate surface area is 155 Å². The van der Waals surface area contributed by atoms with Gasteiger partial charge in [-0.15, -0.1) is 0 Å². The molecule has 1 saturated heterocycles. The number of hydrogen-bond donors (Lipinski definition) is 1. The third kappa shape index (κ3) is 6.58. The van der Waals surface area contributed by atoms with Gasteiger partial charge in [-0.25, -0.2) is 4.79 Å². The van der Waals surface area contributed by atoms with E-state index in [1.54, 1.807) is 4.90 Å². The maximum Gasteiger partial charge on any atom is 0.409 e. The van der Waals surface area contributed by atoms with Gasteiger partial charge in [0.1, 0.15) is 5.75 Å². The third-order valence-corrected chi connectivity index (χ3v) is 4.44. The summed E-state index contributed by atoms with van der Waals surface area (Å²) in [6, 6.07) is 7.72. The number of unbranched alkanes of at least 4 members (excludes halogenated alkanes) is 1. The first kappa shape index (κ1) is 20.1. The standard InChI is InChI=1S/C20H30N2O4/c1-3-5-14-26-20(24)22-12-10-17(11-13-22)21-19(23)15-16-6-8-18(9-7-16)25-4-2/h6-9,17H,3-5,10-15H2,1-2H3,(H,21,23). The van der Waals surface area contributed by atoms with E-state index in [1.165, 1.54) is 0 Å². The summed E-state index contributed by atoms with van der Waals surface area (Å²) in [6.45, 7) is 6.36. The highest BCUT2D eigenvalue weighted by Gasteiger charge is 2.24. The number of carbonyl (C=O) groups is 2. The normalized spacial score (nSPS) is 14.8. The zero-order valence-corrected chi connectivity index (χ0v) is 15.8. The molecule has 26 heavy (non-hydrogen) atoms. The summed E-state index contributed by atoms with van der Waals surface area (Å²) in [5.41, 5.74) is 0.961. The van der Waals surface area contributed by atoms with Crippen molar-refractivity contribution in [1.82, 2.24) is 10.2 Å². The Morgan fingerprint density at radius 3 is 2.46 bits per heavy atom. The van der Waals surface area contributed by atoms with Gasteiger partial charge in [-0.2, -0.15) is 0 Å². The van der Waals surface area contributed by atoms with Crippen LogP contribution in [0.15, 0.2) is 24.3 Å². The van der Waals surface area contributed by atoms with Gasteiger partial charge in [0.25, 0.3) is 0 Å². The van der Waals surface area contributed by atoms with E-state index in [-0.39, 0.29) is 18.0 Å². The van der Waals surface area contributed by atoms with E-state index in [1.807, 2.05) is 31.2 Å². The molecule has 1 N–H and O–H groups in total. The molecule has 0 unspecified atom stereocenters. The lowest BCUT2D eigenvalue weighted by atomic mass is 10.0. The molecule has 0 spiro atoms. The molecule has 2 amide bonds. The molecular weight excluding hydrogens is 332 g/mol. The number of likely N-dealkylation sites (tertiary alicyclic amines) is 1. The molecule has 0 atom stereocenters. The summed E-state index contributed by atoms with van der Waals surface area (Å²) in [5.74, 6) is 0.827. The molecule has 0 saturated carbocycles. The summed E-state index contributed by atoms with van der Waals surface area (Å²) in [5, 5.41) is 3.07. The first-order chi connectivity index (χ1) is 12.6. The van der Waals surface area contributed by atoms with Crippen molar-refractivity contribution in [3.8, 4) is 5.75 Å². The highest BCUT2D eigenvalue weighted by molar-refractivity contribution is 5.79. The van der Waals surface area contributed by atoms with Crippen molar-refractivity contribution in [2.24, 2.45) is 0 Å². The van der Waals surface area contributed by atoms with Gasteiger partial charge >= 0.3 is 6.09 Å². The minimum Gasteiger partial charge on any atom is -0.494 e. The third-order valence-electron chi connectivity index (χ3n) is 4.44. The number of piperidine rings is 1. The van der Waals surface area contributed by atoms with Crippen LogP contribution in [0.5, 0.6) is 5.75 Å². The molecule has 2 rings (SSSR count). The van der Waals surface area contributed by atoms with Crippen LogP contribution in [-0.2, 0) is 16.0 Å². The largest absolute Gasteiger partial charge is 0.494 e. The van der Waals surface area contributed by atoms with Crippen molar-refractivity contribution < 1.29 is 19.1 Å². The van der Waals surface area contributed by atoms with Gasteiger partial charge in [-0.05, 0) is 43.9 Å². The molecule has 144 valence electrons. The number of nitrogens with one attached hydrogen (secondary N) is 1. The Bertz CT molecular complexity index is 566. The molecule has 1 heterocycles. The van der Waals surface area contributed by atoms with E-state index in [4.69, 9.17) is 9.47 Å². The zero-order valence-electron chi connectivity index (χ0n) is 15.8. The molecular formula is C20H30N2O4. The molecule has 6 heteroatoms. The van der Waals surface area contributed by atoms with Gasteiger partial charge in [0.05, 0.1) is 19.6 Å². The predicted octanol–water partition coefficient (Wildman–Crippen LogP) is 3.15. The average molecular weight is 362 g/mol. The van der Waals surface area contributed by atoms with Crippen LogP contribution in [0.4, 0.5) is 4.79 Å². The predicted molar refractivity (Wildman–Crippen MR) is 100 cm³/mol. The van der Waals surface area contributed by atoms with Crippen LogP contribution in [0.2, 0.25) is 0 Å². The second kappa shape index (κ2) is 10.7. The summed E-state index contributed by atoms with van der Waals surface area (Å²) >= 11 is 0. The molecule has 1 aromatic rings. The fraction of sp³-hybridized carbons (Fsp3) is 0.600. The minimum atomic E-state index is -0.238. The van der Waals surface area contributed by atoms with E-state index in [0.29, 0.717) is 32.7 Å². The first-order valence-corrected chi connectivity index (χ1v) is 9.55. The molecule has 0 radical (unpaired) electrons. The Balaban J connectivity index is 1.69. The Kier molecular flexibility index (Phi) is 8.25. The molecule has 0 aromatic heterocycles. The number of hydrogen-bond acceptors (Lipinski definition) is 4. The van der Waals surface area contributed by atoms with Crippen LogP contribution < -0.4 is 10.1 Å². The number of nitrogens with zero attached hydrogens (tertiary/aromatic N) is 1. The van der Waals surface area contributed by atoms with Crippen LogP contribution >= 0.6 is 0 Å². The van der Waals surface area contributed by atoms with Gasteiger partial charge in [0, 0.05) is 19.1 Å². The summed E-state index contributed by atoms with van der Waals surface area (Å²) < 4.78 is 10.6. The van der Waals surface area contributed by atoms with E-state index in [9.17, 15) is 9.59 Å². The van der Waals surface area contributed by atoms with E-state index < -0.39 is 0 Å². The number of benzene rings is 1. The SMILES string of the molecule is CCCCOC(=O)N1CCC(NC(=O)Cc2ccc(OCC)cc2)CC1. The zero-order chi connectivity index (χ0) is 18.8. The number of ether oxygens (including phenoxy) is 2. The van der Waals surface area contributed by atoms with Crippen LogP contribution in [0.3, 0.4) is 0 Å². The number of carbonyl (C=O) groups excluding carboxylic acids is 2. The maximum atomic E-state index is 12.2. The van der Waals surface area contributed by atoms with Crippen LogP contribution in [0, 0.1) is 0 Å². The van der Waals surface area contributed by atoms with Gasteiger partial charge < -0.3 is 19.7 Å². The highest BCUT2D eigenvalue weighted by atomic mass is 16.6. The van der Waals surface area contributed by atoms with Crippen LogP contribution in [0.1, 0.15) is 45.1 Å². The topological polar surface area (TPSA) is 67.9 Å². The van der Waals surface area contributed by atoms with Gasteiger partial charge in [-0.3, -0.25) is 4.79 Å². The fourth-order valence-electron chi connectivity index (χ4n) is 2.94. The second-order valence-corrected chi connectivity index (χ2v) is 6.55. The molecule has 1 aromatic carbocycles. The lowest BCUT2D eigenvalue weighted by molar-refractivity contribution is -0.121. The van der Waals surface area contributed by atoms with Crippen LogP contribution in [0.25, 0.3) is 0 Å². The van der Waals surface area contributed by atoms with Gasteiger partial charge in [-0.1, -0.05) is 25.5 Å². The summed E-state index contributed by atoms with van der Waals surface area (Å²) in [7, 11) is 0. The van der Waals surface area contributed by atoms with Crippen molar-refractivity contribution in [1.29, 1.82) is 0 Å². The van der Waals surface area contributed by atoms with E-state index in [0.717, 1.165) is 37.0 Å². The summed E-state index contributed by atoms with van der Waals surface area (Å²) in [6.07, 6.45) is 3.54. The van der Waals surface area contributed by atoms with E-state index >= 15 is 0 Å². The number of amides is 2. The molecule has 1 aliphatic rings. The fourth-order valence-corrected chi connectivity index (χ4v) is 2.94. The van der Waals surface area contributed by atoms with Crippen LogP contribution in [-0.4, -0.2) is 49.2 Å². The minimum absolute atomic E-state index is 0.0122. The monoisotopic (exact) mass is 362 g/mol. The smallest absolute Gasteiger partial charge is 0.409 e. The number of rotatable bonds is 8. The van der Waals surface area contributed by atoms with E-state index in [2.05, 4.69) is 12.2 Å². The highest BCUT2D eigenvalue weighted by Crippen LogP contribution is 2.14. The van der Waals surface area contributed by atoms with Gasteiger partial charge in [0.15, 0.2) is 0 Å². The molecule has 1 fully saturated rings. The van der Waals surface area contributed by atoms with Gasteiger partial charge in [0.2, 0.25) is 5.91 Å². The first-order valence-electron chi connectivity index (χ1n) is 9.55. The molecule has 6 nitrogen and oxygen atoms in total. The second-order valence-electron chi connectivity index (χ2n) is 6.55. The summed E-state index contributed by atoms with van der Waals surface area (Å²) in [4.78, 5) is 25.9. The average Bonchev–Trinajstić information content (AvgIpc) is 2.64. The Hall–Kier alpha value is -2.24.